The van der Waals surface area contributed by atoms with Gasteiger partial charge in [0, 0.05) is 13.1 Å². The van der Waals surface area contributed by atoms with Gasteiger partial charge < -0.3 is 20.1 Å². The van der Waals surface area contributed by atoms with Crippen LogP contribution in [0.15, 0.2) is 18.2 Å². The maximum atomic E-state index is 5.92. The molecule has 2 atom stereocenters. The highest BCUT2D eigenvalue weighted by Gasteiger charge is 2.26. The van der Waals surface area contributed by atoms with Gasteiger partial charge in [0.05, 0.1) is 25.0 Å². The van der Waals surface area contributed by atoms with Crippen LogP contribution in [0.4, 0.5) is 5.69 Å². The second-order valence-corrected chi connectivity index (χ2v) is 5.23. The summed E-state index contributed by atoms with van der Waals surface area (Å²) >= 11 is 0. The van der Waals surface area contributed by atoms with Crippen molar-refractivity contribution in [3.8, 4) is 5.75 Å². The predicted octanol–water partition coefficient (Wildman–Crippen LogP) is 1.95. The van der Waals surface area contributed by atoms with Gasteiger partial charge in [-0.25, -0.2) is 0 Å². The van der Waals surface area contributed by atoms with Gasteiger partial charge in [0.2, 0.25) is 0 Å². The van der Waals surface area contributed by atoms with Crippen LogP contribution in [0.3, 0.4) is 0 Å². The highest BCUT2D eigenvalue weighted by Crippen LogP contribution is 2.31. The predicted molar refractivity (Wildman–Crippen MR) is 78.0 cm³/mol. The molecule has 1 aromatic rings. The number of benzene rings is 1. The van der Waals surface area contributed by atoms with Gasteiger partial charge in [0.15, 0.2) is 0 Å². The first kappa shape index (κ1) is 14.2. The number of morpholine rings is 1. The van der Waals surface area contributed by atoms with Crippen LogP contribution >= 0.6 is 0 Å². The van der Waals surface area contributed by atoms with Gasteiger partial charge in [0.25, 0.3) is 0 Å². The summed E-state index contributed by atoms with van der Waals surface area (Å²) in [6.45, 7) is 6.64. The topological polar surface area (TPSA) is 47.7 Å². The Kier molecular flexibility index (Phi) is 4.66. The highest BCUT2D eigenvalue weighted by molar-refractivity contribution is 5.60. The Morgan fingerprint density at radius 3 is 2.89 bits per heavy atom. The third kappa shape index (κ3) is 3.39. The van der Waals surface area contributed by atoms with Crippen LogP contribution in [-0.4, -0.2) is 39.0 Å². The molecule has 0 spiro atoms. The van der Waals surface area contributed by atoms with E-state index in [-0.39, 0.29) is 12.2 Å². The summed E-state index contributed by atoms with van der Waals surface area (Å²) in [5.74, 6) is 0.922. The van der Waals surface area contributed by atoms with E-state index in [4.69, 9.17) is 15.2 Å². The summed E-state index contributed by atoms with van der Waals surface area (Å²) in [5, 5.41) is 0. The Morgan fingerprint density at radius 1 is 1.42 bits per heavy atom. The van der Waals surface area contributed by atoms with E-state index in [9.17, 15) is 0 Å². The summed E-state index contributed by atoms with van der Waals surface area (Å²) < 4.78 is 11.4. The molecular weight excluding hydrogens is 240 g/mol. The summed E-state index contributed by atoms with van der Waals surface area (Å²) in [6, 6.07) is 6.28. The third-order valence-electron chi connectivity index (χ3n) is 3.49. The molecule has 1 heterocycles. The number of nitrogens with zero attached hydrogens (tertiary/aromatic N) is 1. The first-order chi connectivity index (χ1) is 9.13. The number of hydrogen-bond acceptors (Lipinski definition) is 4. The Morgan fingerprint density at radius 2 is 2.21 bits per heavy atom. The first-order valence-corrected chi connectivity index (χ1v) is 6.89. The van der Waals surface area contributed by atoms with E-state index in [2.05, 4.69) is 30.9 Å². The van der Waals surface area contributed by atoms with Crippen molar-refractivity contribution in [2.75, 3.05) is 31.6 Å². The zero-order chi connectivity index (χ0) is 13.8. The van der Waals surface area contributed by atoms with Crippen molar-refractivity contribution in [2.45, 2.75) is 32.5 Å². The van der Waals surface area contributed by atoms with E-state index in [0.717, 1.165) is 30.9 Å². The first-order valence-electron chi connectivity index (χ1n) is 6.89. The maximum Gasteiger partial charge on any atom is 0.142 e. The number of nitrogens with two attached hydrogens (primary N) is 1. The molecule has 0 radical (unpaired) electrons. The lowest BCUT2D eigenvalue weighted by Gasteiger charge is -2.38. The second-order valence-electron chi connectivity index (χ2n) is 5.23. The van der Waals surface area contributed by atoms with Crippen LogP contribution in [0, 0.1) is 6.92 Å². The average molecular weight is 264 g/mol. The standard InChI is InChI=1S/C15H24N2O2/c1-11-4-5-15(18-3)14(8-11)17-9-12(2)19-13(10-17)6-7-16/h4-5,8,12-13H,6-7,9-10,16H2,1-3H3. The molecule has 19 heavy (non-hydrogen) atoms. The van der Waals surface area contributed by atoms with Crippen molar-refractivity contribution < 1.29 is 9.47 Å². The van der Waals surface area contributed by atoms with E-state index < -0.39 is 0 Å². The Labute approximate surface area is 115 Å². The van der Waals surface area contributed by atoms with Crippen molar-refractivity contribution in [1.29, 1.82) is 0 Å². The lowest BCUT2D eigenvalue weighted by molar-refractivity contribution is -0.0184. The van der Waals surface area contributed by atoms with E-state index in [1.54, 1.807) is 7.11 Å². The fraction of sp³-hybridized carbons (Fsp3) is 0.600. The quantitative estimate of drug-likeness (QED) is 0.903. The zero-order valence-corrected chi connectivity index (χ0v) is 12.1. The molecule has 106 valence electrons. The van der Waals surface area contributed by atoms with Gasteiger partial charge in [-0.3, -0.25) is 0 Å². The van der Waals surface area contributed by atoms with E-state index in [0.29, 0.717) is 6.54 Å². The molecule has 4 nitrogen and oxygen atoms in total. The van der Waals surface area contributed by atoms with Gasteiger partial charge in [-0.1, -0.05) is 6.07 Å². The van der Waals surface area contributed by atoms with Crippen LogP contribution in [0.1, 0.15) is 18.9 Å². The fourth-order valence-corrected chi connectivity index (χ4v) is 2.63. The van der Waals surface area contributed by atoms with Crippen molar-refractivity contribution in [3.05, 3.63) is 23.8 Å². The molecule has 0 amide bonds. The van der Waals surface area contributed by atoms with E-state index in [1.165, 1.54) is 5.56 Å². The molecule has 1 aliphatic rings. The zero-order valence-electron chi connectivity index (χ0n) is 12.1. The highest BCUT2D eigenvalue weighted by atomic mass is 16.5. The molecular formula is C15H24N2O2. The Hall–Kier alpha value is -1.26. The number of rotatable bonds is 4. The monoisotopic (exact) mass is 264 g/mol. The van der Waals surface area contributed by atoms with Crippen molar-refractivity contribution in [1.82, 2.24) is 0 Å². The number of hydrogen-bond donors (Lipinski definition) is 1. The van der Waals surface area contributed by atoms with Crippen LogP contribution in [0.2, 0.25) is 0 Å². The molecule has 2 unspecified atom stereocenters. The van der Waals surface area contributed by atoms with Gasteiger partial charge in [-0.05, 0) is 44.5 Å². The number of aryl methyl sites for hydroxylation is 1. The van der Waals surface area contributed by atoms with E-state index >= 15 is 0 Å². The molecule has 2 N–H and O–H groups in total. The van der Waals surface area contributed by atoms with Gasteiger partial charge in [0.1, 0.15) is 5.75 Å². The van der Waals surface area contributed by atoms with Gasteiger partial charge >= 0.3 is 0 Å². The Bertz CT molecular complexity index is 423. The summed E-state index contributed by atoms with van der Waals surface area (Å²) in [7, 11) is 1.72. The van der Waals surface area contributed by atoms with Crippen molar-refractivity contribution in [2.24, 2.45) is 5.73 Å². The smallest absolute Gasteiger partial charge is 0.142 e. The molecule has 1 saturated heterocycles. The van der Waals surface area contributed by atoms with Gasteiger partial charge in [-0.15, -0.1) is 0 Å². The molecule has 4 heteroatoms. The molecule has 2 rings (SSSR count). The molecule has 0 bridgehead atoms. The molecule has 1 aliphatic heterocycles. The lowest BCUT2D eigenvalue weighted by atomic mass is 10.1. The summed E-state index contributed by atoms with van der Waals surface area (Å²) in [6.07, 6.45) is 1.32. The second kappa shape index (κ2) is 6.26. The number of anilines is 1. The summed E-state index contributed by atoms with van der Waals surface area (Å²) in [4.78, 5) is 2.35. The summed E-state index contributed by atoms with van der Waals surface area (Å²) in [5.41, 5.74) is 8.04. The maximum absolute atomic E-state index is 5.92. The molecule has 0 saturated carbocycles. The average Bonchev–Trinajstić information content (AvgIpc) is 2.38. The minimum absolute atomic E-state index is 0.207. The van der Waals surface area contributed by atoms with Crippen LogP contribution < -0.4 is 15.4 Å². The van der Waals surface area contributed by atoms with Crippen molar-refractivity contribution in [3.63, 3.8) is 0 Å². The lowest BCUT2D eigenvalue weighted by Crippen LogP contribution is -2.47. The Balaban J connectivity index is 2.22. The molecule has 0 aliphatic carbocycles. The third-order valence-corrected chi connectivity index (χ3v) is 3.49. The normalized spacial score (nSPS) is 23.5. The number of methoxy groups -OCH3 is 1. The van der Waals surface area contributed by atoms with Crippen LogP contribution in [0.25, 0.3) is 0 Å². The van der Waals surface area contributed by atoms with Gasteiger partial charge in [-0.2, -0.15) is 0 Å². The molecule has 1 fully saturated rings. The van der Waals surface area contributed by atoms with Crippen molar-refractivity contribution >= 4 is 5.69 Å². The molecule has 1 aromatic carbocycles. The minimum atomic E-state index is 0.207. The van der Waals surface area contributed by atoms with Crippen LogP contribution in [-0.2, 0) is 4.74 Å². The fourth-order valence-electron chi connectivity index (χ4n) is 2.63. The SMILES string of the molecule is COc1ccc(C)cc1N1CC(C)OC(CCN)C1. The van der Waals surface area contributed by atoms with Crippen LogP contribution in [0.5, 0.6) is 5.75 Å². The number of ether oxygens (including phenoxy) is 2. The van der Waals surface area contributed by atoms with E-state index in [1.807, 2.05) is 6.07 Å². The minimum Gasteiger partial charge on any atom is -0.495 e. The largest absolute Gasteiger partial charge is 0.495 e. The molecule has 0 aromatic heterocycles.